The number of halogens is 1. The lowest BCUT2D eigenvalue weighted by Gasteiger charge is -2.20. The average molecular weight is 389 g/mol. The van der Waals surface area contributed by atoms with Crippen molar-refractivity contribution in [3.63, 3.8) is 0 Å². The maximum Gasteiger partial charge on any atom is 0.126 e. The summed E-state index contributed by atoms with van der Waals surface area (Å²) in [4.78, 5) is 0. The summed E-state index contributed by atoms with van der Waals surface area (Å²) in [5, 5.41) is 0. The normalized spacial score (nSPS) is 13.3. The summed E-state index contributed by atoms with van der Waals surface area (Å²) in [6.45, 7) is 13.1. The Labute approximate surface area is 175 Å². The minimum absolute atomic E-state index is 0.125. The summed E-state index contributed by atoms with van der Waals surface area (Å²) < 4.78 is 13.6. The molecule has 3 rings (SSSR count). The SMILES string of the molecule is Cc1cc(CC(C)c2cc(CC(C)c3c(C)cccc3C)ccc2C)ccc1F. The van der Waals surface area contributed by atoms with Gasteiger partial charge < -0.3 is 0 Å². The standard InChI is InChI=1S/C28H33F/c1-18-10-11-25(16-23(6)28-19(2)8-7-9-20(28)3)17-26(18)21(4)14-24-12-13-27(29)22(5)15-24/h7-13,15,17,21,23H,14,16H2,1-6H3. The predicted octanol–water partition coefficient (Wildman–Crippen LogP) is 7.75. The summed E-state index contributed by atoms with van der Waals surface area (Å²) in [6, 6.07) is 19.0. The van der Waals surface area contributed by atoms with Crippen molar-refractivity contribution < 1.29 is 4.39 Å². The van der Waals surface area contributed by atoms with E-state index in [4.69, 9.17) is 0 Å². The molecule has 0 aliphatic carbocycles. The van der Waals surface area contributed by atoms with E-state index in [1.165, 1.54) is 38.9 Å². The van der Waals surface area contributed by atoms with Crippen LogP contribution in [0.15, 0.2) is 54.6 Å². The van der Waals surface area contributed by atoms with Crippen molar-refractivity contribution in [2.24, 2.45) is 0 Å². The fourth-order valence-electron chi connectivity index (χ4n) is 4.71. The molecule has 0 aliphatic heterocycles. The van der Waals surface area contributed by atoms with E-state index >= 15 is 0 Å². The Hall–Kier alpha value is -2.41. The summed E-state index contributed by atoms with van der Waals surface area (Å²) >= 11 is 0. The predicted molar refractivity (Wildman–Crippen MR) is 122 cm³/mol. The number of hydrogen-bond donors (Lipinski definition) is 0. The molecule has 2 unspecified atom stereocenters. The second-order valence-corrected chi connectivity index (χ2v) is 8.79. The van der Waals surface area contributed by atoms with Crippen LogP contribution in [-0.2, 0) is 12.8 Å². The smallest absolute Gasteiger partial charge is 0.126 e. The van der Waals surface area contributed by atoms with Gasteiger partial charge in [0.25, 0.3) is 0 Å². The lowest BCUT2D eigenvalue weighted by atomic mass is 9.85. The molecule has 3 aromatic carbocycles. The van der Waals surface area contributed by atoms with E-state index < -0.39 is 0 Å². The van der Waals surface area contributed by atoms with E-state index in [0.29, 0.717) is 11.8 Å². The van der Waals surface area contributed by atoms with Crippen LogP contribution < -0.4 is 0 Å². The molecule has 152 valence electrons. The molecule has 1 heteroatoms. The molecule has 0 aromatic heterocycles. The van der Waals surface area contributed by atoms with Gasteiger partial charge in [-0.3, -0.25) is 0 Å². The lowest BCUT2D eigenvalue weighted by molar-refractivity contribution is 0.616. The first-order valence-electron chi connectivity index (χ1n) is 10.7. The van der Waals surface area contributed by atoms with Gasteiger partial charge in [0, 0.05) is 0 Å². The Kier molecular flexibility index (Phi) is 6.57. The molecule has 0 aliphatic rings. The number of aryl methyl sites for hydroxylation is 4. The molecular weight excluding hydrogens is 355 g/mol. The quantitative estimate of drug-likeness (QED) is 0.405. The third-order valence-corrected chi connectivity index (χ3v) is 6.22. The van der Waals surface area contributed by atoms with Gasteiger partial charge >= 0.3 is 0 Å². The van der Waals surface area contributed by atoms with Gasteiger partial charge in [-0.25, -0.2) is 4.39 Å². The van der Waals surface area contributed by atoms with Gasteiger partial charge in [-0.15, -0.1) is 0 Å². The highest BCUT2D eigenvalue weighted by molar-refractivity contribution is 5.39. The van der Waals surface area contributed by atoms with Crippen molar-refractivity contribution in [1.82, 2.24) is 0 Å². The van der Waals surface area contributed by atoms with E-state index in [0.717, 1.165) is 18.4 Å². The van der Waals surface area contributed by atoms with Crippen molar-refractivity contribution in [2.45, 2.75) is 66.2 Å². The molecule has 0 saturated heterocycles. The van der Waals surface area contributed by atoms with E-state index in [9.17, 15) is 4.39 Å². The minimum atomic E-state index is -0.125. The number of hydrogen-bond acceptors (Lipinski definition) is 0. The van der Waals surface area contributed by atoms with Crippen LogP contribution in [0.2, 0.25) is 0 Å². The minimum Gasteiger partial charge on any atom is -0.207 e. The molecule has 0 N–H and O–H groups in total. The average Bonchev–Trinajstić information content (AvgIpc) is 2.66. The van der Waals surface area contributed by atoms with Crippen LogP contribution in [0.4, 0.5) is 4.39 Å². The molecule has 0 saturated carbocycles. The second kappa shape index (κ2) is 8.95. The Bertz CT molecular complexity index is 979. The molecule has 0 nitrogen and oxygen atoms in total. The van der Waals surface area contributed by atoms with Crippen LogP contribution in [0.3, 0.4) is 0 Å². The molecule has 3 aromatic rings. The monoisotopic (exact) mass is 388 g/mol. The summed E-state index contributed by atoms with van der Waals surface area (Å²) in [6.07, 6.45) is 1.97. The summed E-state index contributed by atoms with van der Waals surface area (Å²) in [7, 11) is 0. The van der Waals surface area contributed by atoms with E-state index in [1.54, 1.807) is 6.07 Å². The molecule has 0 fully saturated rings. The summed E-state index contributed by atoms with van der Waals surface area (Å²) in [5.74, 6) is 0.761. The third-order valence-electron chi connectivity index (χ3n) is 6.22. The van der Waals surface area contributed by atoms with Gasteiger partial charge in [-0.05, 0) is 103 Å². The van der Waals surface area contributed by atoms with Crippen molar-refractivity contribution in [2.75, 3.05) is 0 Å². The first-order valence-corrected chi connectivity index (χ1v) is 10.7. The van der Waals surface area contributed by atoms with E-state index in [1.807, 2.05) is 19.1 Å². The Balaban J connectivity index is 1.81. The van der Waals surface area contributed by atoms with Crippen molar-refractivity contribution in [3.8, 4) is 0 Å². The fraction of sp³-hybridized carbons (Fsp3) is 0.357. The van der Waals surface area contributed by atoms with Gasteiger partial charge in [0.15, 0.2) is 0 Å². The van der Waals surface area contributed by atoms with Crippen molar-refractivity contribution in [1.29, 1.82) is 0 Å². The highest BCUT2D eigenvalue weighted by Gasteiger charge is 2.15. The number of rotatable bonds is 6. The van der Waals surface area contributed by atoms with Crippen LogP contribution in [0.1, 0.15) is 70.2 Å². The molecule has 0 heterocycles. The second-order valence-electron chi connectivity index (χ2n) is 8.79. The van der Waals surface area contributed by atoms with Crippen LogP contribution in [-0.4, -0.2) is 0 Å². The van der Waals surface area contributed by atoms with Gasteiger partial charge in [-0.1, -0.05) is 62.4 Å². The molecular formula is C28H33F. The largest absolute Gasteiger partial charge is 0.207 e. The van der Waals surface area contributed by atoms with Crippen LogP contribution in [0.5, 0.6) is 0 Å². The lowest BCUT2D eigenvalue weighted by Crippen LogP contribution is -2.06. The molecule has 0 amide bonds. The molecule has 29 heavy (non-hydrogen) atoms. The van der Waals surface area contributed by atoms with Gasteiger partial charge in [0.2, 0.25) is 0 Å². The summed E-state index contributed by atoms with van der Waals surface area (Å²) in [5.41, 5.74) is 10.3. The first kappa shape index (κ1) is 21.3. The Morgan fingerprint density at radius 1 is 0.655 bits per heavy atom. The highest BCUT2D eigenvalue weighted by Crippen LogP contribution is 2.30. The topological polar surface area (TPSA) is 0 Å². The van der Waals surface area contributed by atoms with Gasteiger partial charge in [-0.2, -0.15) is 0 Å². The maximum absolute atomic E-state index is 13.6. The van der Waals surface area contributed by atoms with Crippen molar-refractivity contribution >= 4 is 0 Å². The fourth-order valence-corrected chi connectivity index (χ4v) is 4.71. The third kappa shape index (κ3) is 4.96. The molecule has 0 spiro atoms. The number of benzene rings is 3. The zero-order chi connectivity index (χ0) is 21.1. The van der Waals surface area contributed by atoms with Crippen LogP contribution in [0, 0.1) is 33.5 Å². The zero-order valence-corrected chi connectivity index (χ0v) is 18.6. The van der Waals surface area contributed by atoms with Crippen LogP contribution >= 0.6 is 0 Å². The van der Waals surface area contributed by atoms with E-state index in [2.05, 4.69) is 71.0 Å². The Morgan fingerprint density at radius 3 is 1.90 bits per heavy atom. The maximum atomic E-state index is 13.6. The highest BCUT2D eigenvalue weighted by atomic mass is 19.1. The Morgan fingerprint density at radius 2 is 1.24 bits per heavy atom. The molecule has 2 atom stereocenters. The first-order chi connectivity index (χ1) is 13.8. The molecule has 0 radical (unpaired) electrons. The zero-order valence-electron chi connectivity index (χ0n) is 18.6. The van der Waals surface area contributed by atoms with Gasteiger partial charge in [0.1, 0.15) is 5.82 Å². The molecule has 0 bridgehead atoms. The van der Waals surface area contributed by atoms with Crippen molar-refractivity contribution in [3.05, 3.63) is 105 Å². The van der Waals surface area contributed by atoms with Crippen LogP contribution in [0.25, 0.3) is 0 Å². The van der Waals surface area contributed by atoms with E-state index in [-0.39, 0.29) is 5.82 Å². The van der Waals surface area contributed by atoms with Gasteiger partial charge in [0.05, 0.1) is 0 Å².